The van der Waals surface area contributed by atoms with Gasteiger partial charge in [-0.2, -0.15) is 0 Å². The summed E-state index contributed by atoms with van der Waals surface area (Å²) in [6.07, 6.45) is 2.82. The molecule has 1 heterocycles. The van der Waals surface area contributed by atoms with Crippen LogP contribution in [0.15, 0.2) is 30.3 Å². The highest BCUT2D eigenvalue weighted by atomic mass is 35.5. The number of aryl methyl sites for hydroxylation is 1. The lowest BCUT2D eigenvalue weighted by Crippen LogP contribution is -2.37. The van der Waals surface area contributed by atoms with Crippen molar-refractivity contribution in [3.63, 3.8) is 0 Å². The summed E-state index contributed by atoms with van der Waals surface area (Å²) in [5, 5.41) is 3.73. The normalized spacial score (nSPS) is 17.9. The number of nitrogens with one attached hydrogen (secondary N) is 1. The molecule has 0 amide bonds. The first kappa shape index (κ1) is 22.2. The summed E-state index contributed by atoms with van der Waals surface area (Å²) < 4.78 is 22.0. The lowest BCUT2D eigenvalue weighted by Gasteiger charge is -2.32. The van der Waals surface area contributed by atoms with Gasteiger partial charge in [-0.05, 0) is 61.1 Å². The highest BCUT2D eigenvalue weighted by Crippen LogP contribution is 2.38. The Morgan fingerprint density at radius 2 is 1.61 bits per heavy atom. The molecule has 0 saturated carbocycles. The van der Waals surface area contributed by atoms with Crippen LogP contribution in [0.1, 0.15) is 36.1 Å². The number of fused-ring (bicyclic) bond motifs is 1. The van der Waals surface area contributed by atoms with Gasteiger partial charge in [0.2, 0.25) is 0 Å². The molecule has 0 aliphatic carbocycles. The average molecular weight is 408 g/mol. The van der Waals surface area contributed by atoms with Gasteiger partial charge in [0.05, 0.1) is 28.4 Å². The molecule has 2 atom stereocenters. The fourth-order valence-corrected chi connectivity index (χ4v) is 3.95. The van der Waals surface area contributed by atoms with Crippen LogP contribution in [0.2, 0.25) is 0 Å². The fraction of sp³-hybridized carbons (Fsp3) is 0.455. The molecule has 2 aromatic rings. The molecule has 0 spiro atoms. The summed E-state index contributed by atoms with van der Waals surface area (Å²) >= 11 is 0. The van der Waals surface area contributed by atoms with Crippen LogP contribution in [0, 0.1) is 0 Å². The second-order valence-electron chi connectivity index (χ2n) is 6.92. The van der Waals surface area contributed by atoms with E-state index in [1.165, 1.54) is 11.1 Å². The molecule has 0 fully saturated rings. The van der Waals surface area contributed by atoms with Gasteiger partial charge in [0.1, 0.15) is 0 Å². The number of para-hydroxylation sites is 1. The Morgan fingerprint density at radius 1 is 0.929 bits per heavy atom. The largest absolute Gasteiger partial charge is 0.493 e. The summed E-state index contributed by atoms with van der Waals surface area (Å²) in [6, 6.07) is 10.9. The number of halogens is 1. The van der Waals surface area contributed by atoms with Crippen LogP contribution in [0.3, 0.4) is 0 Å². The predicted molar refractivity (Wildman–Crippen MR) is 114 cm³/mol. The quantitative estimate of drug-likeness (QED) is 0.739. The second kappa shape index (κ2) is 9.89. The van der Waals surface area contributed by atoms with Crippen LogP contribution >= 0.6 is 12.4 Å². The van der Waals surface area contributed by atoms with Crippen LogP contribution in [-0.2, 0) is 12.8 Å². The number of methoxy groups -OCH3 is 4. The maximum absolute atomic E-state index is 5.58. The SMILES string of the molecule is COc1cc2c(cc1OC)C(CCc1cccc(OC)c1OC)N[C@H](C)C2.Cl. The van der Waals surface area contributed by atoms with Crippen molar-refractivity contribution >= 4 is 12.4 Å². The maximum Gasteiger partial charge on any atom is 0.163 e. The zero-order chi connectivity index (χ0) is 19.4. The fourth-order valence-electron chi connectivity index (χ4n) is 3.95. The van der Waals surface area contributed by atoms with E-state index in [4.69, 9.17) is 18.9 Å². The van der Waals surface area contributed by atoms with Gasteiger partial charge < -0.3 is 24.3 Å². The topological polar surface area (TPSA) is 49.0 Å². The molecule has 6 heteroatoms. The van der Waals surface area contributed by atoms with Crippen molar-refractivity contribution in [1.82, 2.24) is 5.32 Å². The zero-order valence-electron chi connectivity index (χ0n) is 17.2. The molecule has 0 bridgehead atoms. The highest BCUT2D eigenvalue weighted by Gasteiger charge is 2.26. The molecule has 5 nitrogen and oxygen atoms in total. The molecule has 154 valence electrons. The monoisotopic (exact) mass is 407 g/mol. The molecule has 0 radical (unpaired) electrons. The van der Waals surface area contributed by atoms with Crippen molar-refractivity contribution in [2.45, 2.75) is 38.3 Å². The van der Waals surface area contributed by atoms with Crippen LogP contribution in [-0.4, -0.2) is 34.5 Å². The molecule has 0 aromatic heterocycles. The van der Waals surface area contributed by atoms with E-state index in [9.17, 15) is 0 Å². The minimum atomic E-state index is 0. The van der Waals surface area contributed by atoms with E-state index in [1.54, 1.807) is 28.4 Å². The van der Waals surface area contributed by atoms with Crippen molar-refractivity contribution in [2.75, 3.05) is 28.4 Å². The Morgan fingerprint density at radius 3 is 2.25 bits per heavy atom. The van der Waals surface area contributed by atoms with Gasteiger partial charge >= 0.3 is 0 Å². The minimum absolute atomic E-state index is 0. The molecular weight excluding hydrogens is 378 g/mol. The summed E-state index contributed by atoms with van der Waals surface area (Å²) in [5.41, 5.74) is 3.76. The standard InChI is InChI=1S/C22H29NO4.ClH/c1-14-11-16-12-20(25-3)21(26-4)13-17(16)18(23-14)10-9-15-7-6-8-19(24-2)22(15)27-5;/h6-8,12-14,18,23H,9-11H2,1-5H3;1H/t14-,18?;/m1./s1. The summed E-state index contributed by atoms with van der Waals surface area (Å²) in [5.74, 6) is 3.15. The molecule has 1 N–H and O–H groups in total. The van der Waals surface area contributed by atoms with Crippen LogP contribution in [0.5, 0.6) is 23.0 Å². The van der Waals surface area contributed by atoms with Crippen LogP contribution < -0.4 is 24.3 Å². The molecule has 2 aromatic carbocycles. The Kier molecular flexibility index (Phi) is 7.84. The first-order valence-corrected chi connectivity index (χ1v) is 9.32. The number of rotatable bonds is 7. The summed E-state index contributed by atoms with van der Waals surface area (Å²) in [6.45, 7) is 2.22. The van der Waals surface area contributed by atoms with Gasteiger partial charge in [0, 0.05) is 12.1 Å². The van der Waals surface area contributed by atoms with Crippen LogP contribution in [0.4, 0.5) is 0 Å². The number of hydrogen-bond donors (Lipinski definition) is 1. The smallest absolute Gasteiger partial charge is 0.163 e. The van der Waals surface area contributed by atoms with Gasteiger partial charge in [0.15, 0.2) is 23.0 Å². The molecule has 1 unspecified atom stereocenters. The molecule has 1 aliphatic heterocycles. The average Bonchev–Trinajstić information content (AvgIpc) is 2.70. The Hall–Kier alpha value is -2.11. The van der Waals surface area contributed by atoms with Gasteiger partial charge in [-0.3, -0.25) is 0 Å². The van der Waals surface area contributed by atoms with Crippen molar-refractivity contribution in [1.29, 1.82) is 0 Å². The highest BCUT2D eigenvalue weighted by molar-refractivity contribution is 5.85. The second-order valence-corrected chi connectivity index (χ2v) is 6.92. The predicted octanol–water partition coefficient (Wildman–Crippen LogP) is 4.35. The Bertz CT molecular complexity index is 796. The molecule has 28 heavy (non-hydrogen) atoms. The van der Waals surface area contributed by atoms with Crippen molar-refractivity contribution in [3.8, 4) is 23.0 Å². The summed E-state index contributed by atoms with van der Waals surface area (Å²) in [4.78, 5) is 0. The van der Waals surface area contributed by atoms with E-state index >= 15 is 0 Å². The van der Waals surface area contributed by atoms with Crippen molar-refractivity contribution < 1.29 is 18.9 Å². The molecule has 1 aliphatic rings. The van der Waals surface area contributed by atoms with Gasteiger partial charge in [-0.25, -0.2) is 0 Å². The third-order valence-corrected chi connectivity index (χ3v) is 5.22. The molecule has 3 rings (SSSR count). The Balaban J connectivity index is 0.00000280. The minimum Gasteiger partial charge on any atom is -0.493 e. The van der Waals surface area contributed by atoms with Gasteiger partial charge in [-0.1, -0.05) is 12.1 Å². The molecular formula is C22H30ClNO4. The van der Waals surface area contributed by atoms with Crippen LogP contribution in [0.25, 0.3) is 0 Å². The van der Waals surface area contributed by atoms with Crippen molar-refractivity contribution in [2.24, 2.45) is 0 Å². The van der Waals surface area contributed by atoms with E-state index in [2.05, 4.69) is 30.4 Å². The lowest BCUT2D eigenvalue weighted by atomic mass is 9.87. The lowest BCUT2D eigenvalue weighted by molar-refractivity contribution is 0.345. The number of benzene rings is 2. The van der Waals surface area contributed by atoms with Gasteiger partial charge in [0.25, 0.3) is 0 Å². The summed E-state index contributed by atoms with van der Waals surface area (Å²) in [7, 11) is 6.72. The van der Waals surface area contributed by atoms with E-state index in [0.717, 1.165) is 47.8 Å². The zero-order valence-corrected chi connectivity index (χ0v) is 18.0. The Labute approximate surface area is 173 Å². The third-order valence-electron chi connectivity index (χ3n) is 5.22. The first-order valence-electron chi connectivity index (χ1n) is 9.32. The van der Waals surface area contributed by atoms with E-state index in [1.807, 2.05) is 12.1 Å². The number of ether oxygens (including phenoxy) is 4. The van der Waals surface area contributed by atoms with E-state index in [-0.39, 0.29) is 18.4 Å². The molecule has 0 saturated heterocycles. The van der Waals surface area contributed by atoms with Gasteiger partial charge in [-0.15, -0.1) is 12.4 Å². The van der Waals surface area contributed by atoms with E-state index in [0.29, 0.717) is 6.04 Å². The van der Waals surface area contributed by atoms with E-state index < -0.39 is 0 Å². The van der Waals surface area contributed by atoms with Crippen molar-refractivity contribution in [3.05, 3.63) is 47.0 Å². The maximum atomic E-state index is 5.58. The third kappa shape index (κ3) is 4.47. The number of hydrogen-bond acceptors (Lipinski definition) is 5. The first-order chi connectivity index (χ1) is 13.1.